The number of piperazine rings is 1. The van der Waals surface area contributed by atoms with E-state index < -0.39 is 0 Å². The molecule has 6 heteroatoms. The topological polar surface area (TPSA) is 57.7 Å². The third-order valence-electron chi connectivity index (χ3n) is 5.30. The number of ether oxygens (including phenoxy) is 1. The molecule has 0 saturated carbocycles. The Morgan fingerprint density at radius 3 is 2.92 bits per heavy atom. The number of nitrogens with one attached hydrogen (secondary N) is 1. The zero-order valence-corrected chi connectivity index (χ0v) is 15.4. The minimum Gasteiger partial charge on any atom is -0.377 e. The second kappa shape index (κ2) is 8.63. The zero-order chi connectivity index (χ0) is 17.6. The van der Waals surface area contributed by atoms with Gasteiger partial charge in [0.05, 0.1) is 12.0 Å². The third-order valence-corrected chi connectivity index (χ3v) is 5.30. The highest BCUT2D eigenvalue weighted by molar-refractivity contribution is 5.79. The van der Waals surface area contributed by atoms with Crippen LogP contribution in [0, 0.1) is 5.92 Å². The third kappa shape index (κ3) is 4.50. The van der Waals surface area contributed by atoms with Gasteiger partial charge in [-0.15, -0.1) is 0 Å². The van der Waals surface area contributed by atoms with Crippen molar-refractivity contribution in [1.29, 1.82) is 0 Å². The average molecular weight is 346 g/mol. The molecule has 2 fully saturated rings. The van der Waals surface area contributed by atoms with Crippen molar-refractivity contribution in [1.82, 2.24) is 15.2 Å². The van der Waals surface area contributed by atoms with Crippen LogP contribution in [0.3, 0.4) is 0 Å². The Morgan fingerprint density at radius 2 is 2.16 bits per heavy atom. The lowest BCUT2D eigenvalue weighted by molar-refractivity contribution is -0.134. The molecule has 0 radical (unpaired) electrons. The molecule has 0 spiro atoms. The van der Waals surface area contributed by atoms with Crippen molar-refractivity contribution in [2.24, 2.45) is 5.92 Å². The molecule has 1 amide bonds. The minimum atomic E-state index is -0.0255. The summed E-state index contributed by atoms with van der Waals surface area (Å²) in [6.07, 6.45) is 4.66. The Hall–Kier alpha value is -1.66. The molecule has 1 aromatic heterocycles. The van der Waals surface area contributed by atoms with Crippen molar-refractivity contribution in [3.63, 3.8) is 0 Å². The molecule has 6 nitrogen and oxygen atoms in total. The van der Waals surface area contributed by atoms with Crippen LogP contribution in [0.15, 0.2) is 18.3 Å². The maximum atomic E-state index is 12.6. The number of amides is 1. The van der Waals surface area contributed by atoms with Gasteiger partial charge >= 0.3 is 0 Å². The quantitative estimate of drug-likeness (QED) is 0.879. The van der Waals surface area contributed by atoms with Gasteiger partial charge in [0.15, 0.2) is 0 Å². The smallest absolute Gasteiger partial charge is 0.226 e. The Morgan fingerprint density at radius 1 is 1.36 bits per heavy atom. The Kier molecular flexibility index (Phi) is 6.26. The number of likely N-dealkylation sites (N-methyl/N-ethyl adjacent to an activating group) is 1. The molecule has 0 bridgehead atoms. The molecular formula is C19H30N4O2. The number of aromatic nitrogens is 1. The number of hydrogen-bond donors (Lipinski definition) is 1. The number of pyridine rings is 1. The Balaban J connectivity index is 1.62. The fourth-order valence-electron chi connectivity index (χ4n) is 3.73. The fourth-order valence-corrected chi connectivity index (χ4v) is 3.73. The van der Waals surface area contributed by atoms with E-state index in [1.165, 1.54) is 0 Å². The SMILES string of the molecule is CCC1OCCCC1C(=O)NCc1cccnc1N1CCN(C)CC1. The second-order valence-corrected chi connectivity index (χ2v) is 7.06. The highest BCUT2D eigenvalue weighted by Crippen LogP contribution is 2.24. The van der Waals surface area contributed by atoms with Gasteiger partial charge in [0.2, 0.25) is 5.91 Å². The molecule has 138 valence electrons. The predicted octanol–water partition coefficient (Wildman–Crippen LogP) is 1.65. The molecule has 1 N–H and O–H groups in total. The van der Waals surface area contributed by atoms with Crippen LogP contribution in [0.25, 0.3) is 0 Å². The largest absolute Gasteiger partial charge is 0.377 e. The number of hydrogen-bond acceptors (Lipinski definition) is 5. The van der Waals surface area contributed by atoms with Gasteiger partial charge in [-0.25, -0.2) is 4.98 Å². The summed E-state index contributed by atoms with van der Waals surface area (Å²) in [5.74, 6) is 1.09. The molecule has 3 rings (SSSR count). The predicted molar refractivity (Wildman–Crippen MR) is 98.5 cm³/mol. The minimum absolute atomic E-state index is 0.0255. The van der Waals surface area contributed by atoms with E-state index in [1.807, 2.05) is 12.3 Å². The van der Waals surface area contributed by atoms with E-state index in [0.29, 0.717) is 6.54 Å². The lowest BCUT2D eigenvalue weighted by Gasteiger charge is -2.34. The lowest BCUT2D eigenvalue weighted by atomic mass is 9.92. The van der Waals surface area contributed by atoms with Gasteiger partial charge in [-0.05, 0) is 32.4 Å². The van der Waals surface area contributed by atoms with Gasteiger partial charge in [0.1, 0.15) is 5.82 Å². The van der Waals surface area contributed by atoms with E-state index in [0.717, 1.165) is 63.4 Å². The van der Waals surface area contributed by atoms with Crippen LogP contribution in [-0.2, 0) is 16.1 Å². The van der Waals surface area contributed by atoms with E-state index >= 15 is 0 Å². The molecule has 2 aliphatic heterocycles. The molecule has 1 aromatic rings. The maximum absolute atomic E-state index is 12.6. The first-order valence-electron chi connectivity index (χ1n) is 9.45. The molecule has 0 aromatic carbocycles. The molecule has 2 aliphatic rings. The van der Waals surface area contributed by atoms with Crippen molar-refractivity contribution in [2.45, 2.75) is 38.8 Å². The van der Waals surface area contributed by atoms with Crippen molar-refractivity contribution in [2.75, 3.05) is 44.7 Å². The molecule has 3 heterocycles. The summed E-state index contributed by atoms with van der Waals surface area (Å²) >= 11 is 0. The maximum Gasteiger partial charge on any atom is 0.226 e. The number of carbonyl (C=O) groups excluding carboxylic acids is 1. The Labute approximate surface area is 150 Å². The fraction of sp³-hybridized carbons (Fsp3) is 0.684. The van der Waals surface area contributed by atoms with E-state index in [-0.39, 0.29) is 17.9 Å². The summed E-state index contributed by atoms with van der Waals surface area (Å²) in [5, 5.41) is 3.13. The standard InChI is InChI=1S/C19H30N4O2/c1-3-17-16(7-5-13-25-17)19(24)21-14-15-6-4-8-20-18(15)23-11-9-22(2)10-12-23/h4,6,8,16-17H,3,5,7,9-14H2,1-2H3,(H,21,24). The van der Waals surface area contributed by atoms with Crippen LogP contribution in [0.2, 0.25) is 0 Å². The van der Waals surface area contributed by atoms with E-state index in [1.54, 1.807) is 0 Å². The molecule has 25 heavy (non-hydrogen) atoms. The first-order valence-corrected chi connectivity index (χ1v) is 9.45. The molecule has 0 aliphatic carbocycles. The van der Waals surface area contributed by atoms with Gasteiger partial charge in [-0.1, -0.05) is 13.0 Å². The Bertz CT molecular complexity index is 572. The lowest BCUT2D eigenvalue weighted by Crippen LogP contribution is -2.45. The van der Waals surface area contributed by atoms with Crippen LogP contribution in [-0.4, -0.2) is 61.7 Å². The summed E-state index contributed by atoms with van der Waals surface area (Å²) in [4.78, 5) is 21.9. The normalized spacial score (nSPS) is 25.0. The molecule has 2 unspecified atom stereocenters. The monoisotopic (exact) mass is 346 g/mol. The molecular weight excluding hydrogens is 316 g/mol. The summed E-state index contributed by atoms with van der Waals surface area (Å²) < 4.78 is 5.76. The van der Waals surface area contributed by atoms with Crippen molar-refractivity contribution >= 4 is 11.7 Å². The average Bonchev–Trinajstić information content (AvgIpc) is 2.67. The van der Waals surface area contributed by atoms with Gasteiger partial charge in [-0.2, -0.15) is 0 Å². The highest BCUT2D eigenvalue weighted by atomic mass is 16.5. The van der Waals surface area contributed by atoms with Crippen LogP contribution >= 0.6 is 0 Å². The van der Waals surface area contributed by atoms with Crippen LogP contribution in [0.5, 0.6) is 0 Å². The van der Waals surface area contributed by atoms with E-state index in [9.17, 15) is 4.79 Å². The van der Waals surface area contributed by atoms with Gasteiger partial charge in [0, 0.05) is 51.1 Å². The van der Waals surface area contributed by atoms with Gasteiger partial charge < -0.3 is 19.9 Å². The van der Waals surface area contributed by atoms with Crippen LogP contribution in [0.4, 0.5) is 5.82 Å². The van der Waals surface area contributed by atoms with Crippen molar-refractivity contribution < 1.29 is 9.53 Å². The summed E-state index contributed by atoms with van der Waals surface area (Å²) in [6, 6.07) is 4.01. The molecule has 2 saturated heterocycles. The first-order chi connectivity index (χ1) is 12.2. The van der Waals surface area contributed by atoms with Crippen molar-refractivity contribution in [3.05, 3.63) is 23.9 Å². The zero-order valence-electron chi connectivity index (χ0n) is 15.4. The van der Waals surface area contributed by atoms with Gasteiger partial charge in [-0.3, -0.25) is 4.79 Å². The first kappa shape index (κ1) is 18.1. The van der Waals surface area contributed by atoms with E-state index in [2.05, 4.69) is 40.1 Å². The van der Waals surface area contributed by atoms with Crippen LogP contribution < -0.4 is 10.2 Å². The number of nitrogens with zero attached hydrogens (tertiary/aromatic N) is 3. The van der Waals surface area contributed by atoms with Crippen molar-refractivity contribution in [3.8, 4) is 0 Å². The summed E-state index contributed by atoms with van der Waals surface area (Å²) in [5.41, 5.74) is 1.09. The number of anilines is 1. The highest BCUT2D eigenvalue weighted by Gasteiger charge is 2.30. The number of rotatable bonds is 5. The second-order valence-electron chi connectivity index (χ2n) is 7.06. The van der Waals surface area contributed by atoms with Crippen LogP contribution in [0.1, 0.15) is 31.7 Å². The molecule has 2 atom stereocenters. The van der Waals surface area contributed by atoms with Gasteiger partial charge in [0.25, 0.3) is 0 Å². The summed E-state index contributed by atoms with van der Waals surface area (Å²) in [6.45, 7) is 7.42. The number of carbonyl (C=O) groups is 1. The summed E-state index contributed by atoms with van der Waals surface area (Å²) in [7, 11) is 2.15. The van der Waals surface area contributed by atoms with E-state index in [4.69, 9.17) is 4.74 Å².